The molecule has 3 heteroatoms. The summed E-state index contributed by atoms with van der Waals surface area (Å²) in [7, 11) is 3.42. The number of hydrogen-bond donors (Lipinski definition) is 0. The second kappa shape index (κ2) is 8.94. The molecule has 129 valence electrons. The van der Waals surface area contributed by atoms with Crippen molar-refractivity contribution in [3.05, 3.63) is 97.6 Å². The highest BCUT2D eigenvalue weighted by molar-refractivity contribution is 7.66. The highest BCUT2D eigenvalue weighted by Gasteiger charge is 2.35. The minimum Gasteiger partial charge on any atom is -0.375 e. The van der Waals surface area contributed by atoms with E-state index in [1.54, 1.807) is 7.11 Å². The molecule has 0 saturated heterocycles. The van der Waals surface area contributed by atoms with E-state index in [-0.39, 0.29) is 12.1 Å². The zero-order chi connectivity index (χ0) is 17.6. The normalized spacial score (nSPS) is 19.0. The molecular formula is C22H25NOP. The number of likely N-dealkylation sites (N-methyl/N-ethyl adjacent to an activating group) is 1. The van der Waals surface area contributed by atoms with Crippen molar-refractivity contribution in [3.8, 4) is 0 Å². The van der Waals surface area contributed by atoms with Gasteiger partial charge >= 0.3 is 0 Å². The highest BCUT2D eigenvalue weighted by atomic mass is 31.1. The van der Waals surface area contributed by atoms with Crippen molar-refractivity contribution in [2.75, 3.05) is 14.2 Å². The van der Waals surface area contributed by atoms with Gasteiger partial charge in [-0.3, -0.25) is 4.67 Å². The Morgan fingerprint density at radius 1 is 0.880 bits per heavy atom. The maximum absolute atomic E-state index is 5.89. The Balaban J connectivity index is 1.87. The molecule has 1 fully saturated rings. The SMILES string of the molecule is CO[C@@H](c1ccccc1)[C@@H](C)N(C)[P@@]([C]1[CH][CH][CH][CH]1)c1ccccc1. The summed E-state index contributed by atoms with van der Waals surface area (Å²) in [6.07, 6.45) is 8.74. The first-order valence-electron chi connectivity index (χ1n) is 8.59. The fourth-order valence-electron chi connectivity index (χ4n) is 3.22. The van der Waals surface area contributed by atoms with Crippen molar-refractivity contribution in [2.45, 2.75) is 19.1 Å². The van der Waals surface area contributed by atoms with Gasteiger partial charge in [-0.05, 0) is 50.5 Å². The van der Waals surface area contributed by atoms with E-state index in [1.165, 1.54) is 16.5 Å². The zero-order valence-corrected chi connectivity index (χ0v) is 15.9. The van der Waals surface area contributed by atoms with Gasteiger partial charge in [-0.1, -0.05) is 60.7 Å². The zero-order valence-electron chi connectivity index (χ0n) is 15.0. The fourth-order valence-corrected chi connectivity index (χ4v) is 5.64. The Bertz CT molecular complexity index is 627. The van der Waals surface area contributed by atoms with Crippen molar-refractivity contribution in [3.63, 3.8) is 0 Å². The van der Waals surface area contributed by atoms with Gasteiger partial charge in [0.2, 0.25) is 0 Å². The molecule has 0 spiro atoms. The van der Waals surface area contributed by atoms with Crippen LogP contribution in [0.1, 0.15) is 18.6 Å². The quantitative estimate of drug-likeness (QED) is 0.667. The van der Waals surface area contributed by atoms with Crippen LogP contribution in [0.3, 0.4) is 0 Å². The van der Waals surface area contributed by atoms with Gasteiger partial charge in [0, 0.05) is 26.9 Å². The van der Waals surface area contributed by atoms with E-state index in [0.717, 1.165) is 0 Å². The second-order valence-corrected chi connectivity index (χ2v) is 8.46. The van der Waals surface area contributed by atoms with Crippen LogP contribution in [0.4, 0.5) is 0 Å². The van der Waals surface area contributed by atoms with Crippen LogP contribution >= 0.6 is 8.07 Å². The van der Waals surface area contributed by atoms with E-state index >= 15 is 0 Å². The van der Waals surface area contributed by atoms with E-state index in [0.29, 0.717) is 0 Å². The maximum Gasteiger partial charge on any atom is 0.0976 e. The Morgan fingerprint density at radius 3 is 2.00 bits per heavy atom. The lowest BCUT2D eigenvalue weighted by Gasteiger charge is -2.39. The number of ether oxygens (including phenoxy) is 1. The van der Waals surface area contributed by atoms with E-state index in [2.05, 4.69) is 98.9 Å². The Labute approximate surface area is 154 Å². The first-order chi connectivity index (χ1) is 12.2. The lowest BCUT2D eigenvalue weighted by Crippen LogP contribution is -2.35. The van der Waals surface area contributed by atoms with E-state index < -0.39 is 8.07 Å². The van der Waals surface area contributed by atoms with Gasteiger partial charge < -0.3 is 4.74 Å². The lowest BCUT2D eigenvalue weighted by atomic mass is 10.0. The van der Waals surface area contributed by atoms with Crippen LogP contribution in [0, 0.1) is 31.3 Å². The van der Waals surface area contributed by atoms with Crippen LogP contribution in [0.15, 0.2) is 60.7 Å². The van der Waals surface area contributed by atoms with Crippen LogP contribution in [-0.2, 0) is 4.74 Å². The molecule has 2 nitrogen and oxygen atoms in total. The molecule has 3 rings (SSSR count). The minimum absolute atomic E-state index is 0.0369. The third-order valence-corrected chi connectivity index (χ3v) is 7.19. The summed E-state index contributed by atoms with van der Waals surface area (Å²) in [5.74, 6) is 0. The van der Waals surface area contributed by atoms with Crippen LogP contribution in [0.2, 0.25) is 0 Å². The van der Waals surface area contributed by atoms with Crippen molar-refractivity contribution >= 4 is 13.4 Å². The van der Waals surface area contributed by atoms with E-state index in [4.69, 9.17) is 4.74 Å². The summed E-state index contributed by atoms with van der Waals surface area (Å²) in [4.78, 5) is 0. The van der Waals surface area contributed by atoms with E-state index in [1.807, 2.05) is 6.07 Å². The summed E-state index contributed by atoms with van der Waals surface area (Å²) in [6.45, 7) is 2.25. The molecule has 2 aromatic carbocycles. The molecular weight excluding hydrogens is 325 g/mol. The van der Waals surface area contributed by atoms with Gasteiger partial charge in [-0.15, -0.1) is 0 Å². The Morgan fingerprint density at radius 2 is 1.44 bits per heavy atom. The monoisotopic (exact) mass is 350 g/mol. The van der Waals surface area contributed by atoms with Gasteiger partial charge in [0.25, 0.3) is 0 Å². The summed E-state index contributed by atoms with van der Waals surface area (Å²) in [6, 6.07) is 21.5. The van der Waals surface area contributed by atoms with Crippen molar-refractivity contribution < 1.29 is 4.74 Å². The number of methoxy groups -OCH3 is 1. The molecule has 0 bridgehead atoms. The molecule has 0 aromatic heterocycles. The van der Waals surface area contributed by atoms with Crippen LogP contribution in [-0.4, -0.2) is 24.9 Å². The molecule has 5 radical (unpaired) electrons. The molecule has 0 N–H and O–H groups in total. The molecule has 0 heterocycles. The number of hydrogen-bond acceptors (Lipinski definition) is 2. The third-order valence-electron chi connectivity index (χ3n) is 4.62. The molecule has 0 aliphatic heterocycles. The number of benzene rings is 2. The average Bonchev–Trinajstić information content (AvgIpc) is 3.18. The first-order valence-corrected chi connectivity index (χ1v) is 9.89. The molecule has 2 aromatic rings. The van der Waals surface area contributed by atoms with Crippen molar-refractivity contribution in [2.24, 2.45) is 0 Å². The largest absolute Gasteiger partial charge is 0.375 e. The van der Waals surface area contributed by atoms with Crippen LogP contribution in [0.5, 0.6) is 0 Å². The molecule has 25 heavy (non-hydrogen) atoms. The lowest BCUT2D eigenvalue weighted by molar-refractivity contribution is 0.0554. The predicted molar refractivity (Wildman–Crippen MR) is 107 cm³/mol. The summed E-state index contributed by atoms with van der Waals surface area (Å²) < 4.78 is 8.36. The predicted octanol–water partition coefficient (Wildman–Crippen LogP) is 4.78. The van der Waals surface area contributed by atoms with Gasteiger partial charge in [-0.2, -0.15) is 0 Å². The Kier molecular flexibility index (Phi) is 6.64. The summed E-state index contributed by atoms with van der Waals surface area (Å²) >= 11 is 0. The van der Waals surface area contributed by atoms with Crippen molar-refractivity contribution in [1.29, 1.82) is 0 Å². The smallest absolute Gasteiger partial charge is 0.0976 e. The fraction of sp³-hybridized carbons (Fsp3) is 0.227. The highest BCUT2D eigenvalue weighted by Crippen LogP contribution is 2.56. The third kappa shape index (κ3) is 4.31. The van der Waals surface area contributed by atoms with Gasteiger partial charge in [0.15, 0.2) is 0 Å². The summed E-state index contributed by atoms with van der Waals surface area (Å²) in [5.41, 5.74) is 2.59. The molecule has 0 unspecified atom stereocenters. The van der Waals surface area contributed by atoms with E-state index in [9.17, 15) is 0 Å². The molecule has 1 aliphatic rings. The Hall–Kier alpha value is -1.21. The van der Waals surface area contributed by atoms with Crippen LogP contribution in [0.25, 0.3) is 0 Å². The topological polar surface area (TPSA) is 12.5 Å². The molecule has 1 saturated carbocycles. The van der Waals surface area contributed by atoms with Gasteiger partial charge in [-0.25, -0.2) is 0 Å². The molecule has 3 atom stereocenters. The summed E-state index contributed by atoms with van der Waals surface area (Å²) in [5, 5.41) is 1.36. The maximum atomic E-state index is 5.89. The second-order valence-electron chi connectivity index (χ2n) is 6.17. The number of nitrogens with zero attached hydrogens (tertiary/aromatic N) is 1. The minimum atomic E-state index is -0.590. The average molecular weight is 350 g/mol. The van der Waals surface area contributed by atoms with Crippen LogP contribution < -0.4 is 5.30 Å². The van der Waals surface area contributed by atoms with Gasteiger partial charge in [0.1, 0.15) is 0 Å². The standard InChI is InChI=1S/C22H25NOP/c1-18(22(24-3)19-12-6-4-7-13-19)23(2)25(21-16-10-11-17-21)20-14-8-5-9-15-20/h4-18,22H,1-3H3/t18-,22-,25-/m1/s1. The molecule has 1 aliphatic carbocycles. The number of rotatable bonds is 7. The van der Waals surface area contributed by atoms with Gasteiger partial charge in [0.05, 0.1) is 6.10 Å². The van der Waals surface area contributed by atoms with Crippen molar-refractivity contribution in [1.82, 2.24) is 4.67 Å². The molecule has 0 amide bonds. The first kappa shape index (κ1) is 18.6.